The Labute approximate surface area is 183 Å². The number of Topliss-reactive ketones (excluding diaryl/α,β-unsaturated/α-hetero) is 1. The lowest BCUT2D eigenvalue weighted by Crippen LogP contribution is -2.48. The normalized spacial score (nSPS) is 21.4. The molecule has 0 spiro atoms. The van der Waals surface area contributed by atoms with E-state index in [4.69, 9.17) is 9.47 Å². The molecule has 0 fully saturated rings. The molecule has 0 bridgehead atoms. The van der Waals surface area contributed by atoms with E-state index in [1.807, 2.05) is 50.5 Å². The number of hydrogen-bond donors (Lipinski definition) is 0. The highest BCUT2D eigenvalue weighted by atomic mass is 16.5. The van der Waals surface area contributed by atoms with Crippen molar-refractivity contribution < 1.29 is 19.1 Å². The molecule has 1 aliphatic heterocycles. The van der Waals surface area contributed by atoms with Gasteiger partial charge < -0.3 is 9.47 Å². The first-order valence-corrected chi connectivity index (χ1v) is 10.5. The van der Waals surface area contributed by atoms with Gasteiger partial charge >= 0.3 is 0 Å². The largest absolute Gasteiger partial charge is 0.497 e. The topological polar surface area (TPSA) is 59.1 Å². The minimum atomic E-state index is -0.354. The lowest BCUT2D eigenvalue weighted by Gasteiger charge is -2.43. The van der Waals surface area contributed by atoms with Crippen molar-refractivity contribution in [2.75, 3.05) is 28.3 Å². The zero-order valence-electron chi connectivity index (χ0n) is 18.4. The van der Waals surface area contributed by atoms with Gasteiger partial charge in [0, 0.05) is 49.7 Å². The van der Waals surface area contributed by atoms with Crippen LogP contribution in [0.2, 0.25) is 0 Å². The van der Waals surface area contributed by atoms with E-state index >= 15 is 0 Å². The lowest BCUT2D eigenvalue weighted by atomic mass is 9.73. The van der Waals surface area contributed by atoms with E-state index in [0.29, 0.717) is 29.9 Å². The molecule has 2 aliphatic rings. The molecule has 1 amide bonds. The number of hydrogen-bond acceptors (Lipinski definition) is 5. The van der Waals surface area contributed by atoms with Crippen molar-refractivity contribution in [2.45, 2.75) is 31.1 Å². The molecule has 4 rings (SSSR count). The summed E-state index contributed by atoms with van der Waals surface area (Å²) in [6.07, 6.45) is 1.28. The molecule has 0 radical (unpaired) electrons. The summed E-state index contributed by atoms with van der Waals surface area (Å²) in [5.74, 6) is 1.08. The Morgan fingerprint density at radius 2 is 1.68 bits per heavy atom. The Morgan fingerprint density at radius 1 is 0.935 bits per heavy atom. The molecule has 0 saturated heterocycles. The van der Waals surface area contributed by atoms with Gasteiger partial charge in [0.15, 0.2) is 5.78 Å². The van der Waals surface area contributed by atoms with Crippen LogP contribution in [0.4, 0.5) is 0 Å². The van der Waals surface area contributed by atoms with Crippen molar-refractivity contribution in [3.05, 3.63) is 70.9 Å². The minimum absolute atomic E-state index is 0.0277. The molecule has 1 aliphatic carbocycles. The van der Waals surface area contributed by atoms with Gasteiger partial charge in [-0.1, -0.05) is 30.3 Å². The molecule has 2 atom stereocenters. The summed E-state index contributed by atoms with van der Waals surface area (Å²) in [5.41, 5.74) is 3.44. The van der Waals surface area contributed by atoms with Crippen LogP contribution in [0.3, 0.4) is 0 Å². The molecule has 162 valence electrons. The highest BCUT2D eigenvalue weighted by Gasteiger charge is 2.43. The third kappa shape index (κ3) is 3.83. The number of benzene rings is 2. The first-order valence-electron chi connectivity index (χ1n) is 10.5. The fourth-order valence-corrected chi connectivity index (χ4v) is 4.82. The molecule has 0 unspecified atom stereocenters. The third-order valence-electron chi connectivity index (χ3n) is 6.19. The first kappa shape index (κ1) is 21.1. The maximum Gasteiger partial charge on any atom is 0.242 e. The number of hydrazine groups is 1. The second kappa shape index (κ2) is 8.55. The van der Waals surface area contributed by atoms with Crippen molar-refractivity contribution in [3.63, 3.8) is 0 Å². The van der Waals surface area contributed by atoms with Crippen molar-refractivity contribution in [1.29, 1.82) is 0 Å². The van der Waals surface area contributed by atoms with Crippen LogP contribution in [0.1, 0.15) is 42.2 Å². The van der Waals surface area contributed by atoms with E-state index in [0.717, 1.165) is 16.8 Å². The van der Waals surface area contributed by atoms with Crippen LogP contribution in [0.15, 0.2) is 59.8 Å². The van der Waals surface area contributed by atoms with Crippen molar-refractivity contribution in [1.82, 2.24) is 10.0 Å². The summed E-state index contributed by atoms with van der Waals surface area (Å²) >= 11 is 0. The summed E-state index contributed by atoms with van der Waals surface area (Å²) < 4.78 is 11.0. The second-order valence-electron chi connectivity index (χ2n) is 8.22. The smallest absolute Gasteiger partial charge is 0.242 e. The summed E-state index contributed by atoms with van der Waals surface area (Å²) in [4.78, 5) is 26.8. The Kier molecular flexibility index (Phi) is 5.83. The predicted octanol–water partition coefficient (Wildman–Crippen LogP) is 3.90. The Morgan fingerprint density at radius 3 is 2.32 bits per heavy atom. The average Bonchev–Trinajstić information content (AvgIpc) is 2.78. The van der Waals surface area contributed by atoms with Gasteiger partial charge in [-0.3, -0.25) is 9.59 Å². The van der Waals surface area contributed by atoms with Crippen LogP contribution in [0, 0.1) is 0 Å². The summed E-state index contributed by atoms with van der Waals surface area (Å²) in [5, 5.41) is 3.45. The van der Waals surface area contributed by atoms with Crippen LogP contribution < -0.4 is 9.47 Å². The van der Waals surface area contributed by atoms with Crippen molar-refractivity contribution in [3.8, 4) is 11.5 Å². The fraction of sp³-hybridized carbons (Fsp3) is 0.360. The number of ketones is 1. The maximum absolute atomic E-state index is 13.5. The Hall–Kier alpha value is -3.12. The van der Waals surface area contributed by atoms with Crippen molar-refractivity contribution in [2.24, 2.45) is 0 Å². The standard InChI is InChI=1S/C25H28N2O4/c1-26(2)27-21-12-17(16-8-6-5-7-9-16)13-22(28)25(21)20(15-24(27)29)19-14-18(30-3)10-11-23(19)31-4/h5-11,14,17,20H,12-13,15H2,1-4H3/t17-,20+/m1/s1. The quantitative estimate of drug-likeness (QED) is 0.734. The van der Waals surface area contributed by atoms with Gasteiger partial charge in [0.2, 0.25) is 5.91 Å². The molecular formula is C25H28N2O4. The summed E-state index contributed by atoms with van der Waals surface area (Å²) in [6.45, 7) is 0. The highest BCUT2D eigenvalue weighted by Crippen LogP contribution is 2.48. The molecular weight excluding hydrogens is 392 g/mol. The number of ether oxygens (including phenoxy) is 2. The molecule has 2 aromatic rings. The number of carbonyl (C=O) groups is 2. The fourth-order valence-electron chi connectivity index (χ4n) is 4.82. The highest BCUT2D eigenvalue weighted by molar-refractivity contribution is 6.02. The van der Waals surface area contributed by atoms with Gasteiger partial charge in [0.25, 0.3) is 0 Å². The van der Waals surface area contributed by atoms with Gasteiger partial charge in [-0.2, -0.15) is 0 Å². The maximum atomic E-state index is 13.5. The zero-order valence-corrected chi connectivity index (χ0v) is 18.4. The first-order chi connectivity index (χ1) is 14.9. The van der Waals surface area contributed by atoms with Gasteiger partial charge in [-0.25, -0.2) is 10.0 Å². The van der Waals surface area contributed by atoms with E-state index in [2.05, 4.69) is 12.1 Å². The van der Waals surface area contributed by atoms with E-state index in [-0.39, 0.29) is 29.9 Å². The second-order valence-corrected chi connectivity index (χ2v) is 8.22. The van der Waals surface area contributed by atoms with Crippen LogP contribution >= 0.6 is 0 Å². The number of methoxy groups -OCH3 is 2. The van der Waals surface area contributed by atoms with Gasteiger partial charge in [0.05, 0.1) is 14.2 Å². The number of amides is 1. The van der Waals surface area contributed by atoms with E-state index in [1.54, 1.807) is 24.2 Å². The minimum Gasteiger partial charge on any atom is -0.497 e. The van der Waals surface area contributed by atoms with E-state index in [9.17, 15) is 9.59 Å². The molecule has 31 heavy (non-hydrogen) atoms. The number of carbonyl (C=O) groups excluding carboxylic acids is 2. The molecule has 0 saturated carbocycles. The monoisotopic (exact) mass is 420 g/mol. The molecule has 1 heterocycles. The van der Waals surface area contributed by atoms with E-state index in [1.165, 1.54) is 0 Å². The Balaban J connectivity index is 1.85. The van der Waals surface area contributed by atoms with Crippen LogP contribution in [-0.4, -0.2) is 50.0 Å². The molecule has 0 N–H and O–H groups in total. The zero-order chi connectivity index (χ0) is 22.1. The Bertz CT molecular complexity index is 1030. The van der Waals surface area contributed by atoms with E-state index < -0.39 is 0 Å². The molecule has 0 aromatic heterocycles. The number of allylic oxidation sites excluding steroid dienone is 2. The number of nitrogens with zero attached hydrogens (tertiary/aromatic N) is 2. The molecule has 6 heteroatoms. The lowest BCUT2D eigenvalue weighted by molar-refractivity contribution is -0.143. The van der Waals surface area contributed by atoms with Crippen LogP contribution in [0.5, 0.6) is 11.5 Å². The SMILES string of the molecule is COc1ccc(OC)c([C@@H]2CC(=O)N(N(C)C)C3=C2C(=O)C[C@H](c2ccccc2)C3)c1. The van der Waals surface area contributed by atoms with Gasteiger partial charge in [-0.15, -0.1) is 0 Å². The van der Waals surface area contributed by atoms with Gasteiger partial charge in [-0.05, 0) is 36.1 Å². The van der Waals surface area contributed by atoms with Crippen LogP contribution in [-0.2, 0) is 9.59 Å². The molecule has 6 nitrogen and oxygen atoms in total. The number of rotatable bonds is 5. The predicted molar refractivity (Wildman–Crippen MR) is 118 cm³/mol. The van der Waals surface area contributed by atoms with Crippen LogP contribution in [0.25, 0.3) is 0 Å². The summed E-state index contributed by atoms with van der Waals surface area (Å²) in [7, 11) is 6.88. The molecule has 2 aromatic carbocycles. The van der Waals surface area contributed by atoms with Gasteiger partial charge in [0.1, 0.15) is 11.5 Å². The average molecular weight is 421 g/mol. The third-order valence-corrected chi connectivity index (χ3v) is 6.19. The summed E-state index contributed by atoms with van der Waals surface area (Å²) in [6, 6.07) is 15.6. The van der Waals surface area contributed by atoms with Crippen molar-refractivity contribution >= 4 is 11.7 Å².